The van der Waals surface area contributed by atoms with Crippen molar-refractivity contribution < 1.29 is 37.6 Å². The molecular formula is C36H36FN5O8. The minimum atomic E-state index is -0.816. The first kappa shape index (κ1) is 34.1. The fraction of sp³-hybridized carbons (Fsp3) is 0.278. The molecule has 6 rings (SSSR count). The number of nitrogens with one attached hydrogen (secondary N) is 1. The van der Waals surface area contributed by atoms with Gasteiger partial charge in [0, 0.05) is 67.5 Å². The SMILES string of the molecule is COc1ccc(-n2ccnc(C(=O)Nc3ccc(Oc4ccnc5cc(OCCCN6CCOCC6)c(OC)cc45)c(F)c3)c2=O)cc1OC. The van der Waals surface area contributed by atoms with Gasteiger partial charge in [-0.2, -0.15) is 0 Å². The van der Waals surface area contributed by atoms with Crippen LogP contribution in [-0.4, -0.2) is 86.1 Å². The van der Waals surface area contributed by atoms with Crippen LogP contribution in [0.2, 0.25) is 0 Å². The number of hydrogen-bond acceptors (Lipinski definition) is 11. The Morgan fingerprint density at radius 1 is 0.860 bits per heavy atom. The van der Waals surface area contributed by atoms with E-state index in [1.165, 1.54) is 43.3 Å². The molecule has 0 saturated carbocycles. The number of halogens is 1. The lowest BCUT2D eigenvalue weighted by Crippen LogP contribution is -2.37. The third-order valence-corrected chi connectivity index (χ3v) is 8.08. The number of pyridine rings is 1. The first-order chi connectivity index (χ1) is 24.4. The number of morpholine rings is 1. The zero-order valence-corrected chi connectivity index (χ0v) is 27.8. The number of carbonyl (C=O) groups excluding carboxylic acids is 1. The average Bonchev–Trinajstić information content (AvgIpc) is 3.14. The number of aromatic nitrogens is 3. The Labute approximate surface area is 287 Å². The van der Waals surface area contributed by atoms with Gasteiger partial charge in [-0.3, -0.25) is 24.0 Å². The number of ether oxygens (including phenoxy) is 6. The van der Waals surface area contributed by atoms with Gasteiger partial charge in [0.05, 0.1) is 52.4 Å². The van der Waals surface area contributed by atoms with E-state index in [2.05, 4.69) is 20.2 Å². The summed E-state index contributed by atoms with van der Waals surface area (Å²) in [5.74, 6) is 0.598. The molecule has 1 aliphatic rings. The van der Waals surface area contributed by atoms with Gasteiger partial charge < -0.3 is 33.7 Å². The fourth-order valence-electron chi connectivity index (χ4n) is 5.50. The summed E-state index contributed by atoms with van der Waals surface area (Å²) >= 11 is 0. The number of anilines is 1. The molecule has 13 nitrogen and oxygen atoms in total. The number of nitrogens with zero attached hydrogens (tertiary/aromatic N) is 4. The molecule has 3 aromatic carbocycles. The van der Waals surface area contributed by atoms with Crippen LogP contribution in [0.15, 0.2) is 78.0 Å². The Morgan fingerprint density at radius 2 is 1.62 bits per heavy atom. The van der Waals surface area contributed by atoms with Crippen molar-refractivity contribution in [3.05, 3.63) is 95.1 Å². The van der Waals surface area contributed by atoms with Gasteiger partial charge in [-0.05, 0) is 42.8 Å². The zero-order chi connectivity index (χ0) is 35.0. The second-order valence-electron chi connectivity index (χ2n) is 11.2. The molecule has 1 N–H and O–H groups in total. The number of methoxy groups -OCH3 is 3. The highest BCUT2D eigenvalue weighted by Gasteiger charge is 2.19. The Morgan fingerprint density at radius 3 is 2.38 bits per heavy atom. The predicted octanol–water partition coefficient (Wildman–Crippen LogP) is 5.09. The molecule has 1 aliphatic heterocycles. The van der Waals surface area contributed by atoms with Crippen molar-refractivity contribution in [2.24, 2.45) is 0 Å². The maximum Gasteiger partial charge on any atom is 0.286 e. The summed E-state index contributed by atoms with van der Waals surface area (Å²) in [5, 5.41) is 3.12. The molecule has 0 bridgehead atoms. The molecule has 260 valence electrons. The molecule has 1 amide bonds. The highest BCUT2D eigenvalue weighted by Crippen LogP contribution is 2.38. The number of rotatable bonds is 13. The van der Waals surface area contributed by atoms with E-state index in [4.69, 9.17) is 28.4 Å². The number of hydrogen-bond donors (Lipinski definition) is 1. The number of fused-ring (bicyclic) bond motifs is 1. The number of carbonyl (C=O) groups is 1. The summed E-state index contributed by atoms with van der Waals surface area (Å²) < 4.78 is 50.2. The topological polar surface area (TPSA) is 136 Å². The summed E-state index contributed by atoms with van der Waals surface area (Å²) in [6.45, 7) is 4.74. The van der Waals surface area contributed by atoms with Crippen LogP contribution in [0.3, 0.4) is 0 Å². The predicted molar refractivity (Wildman–Crippen MR) is 183 cm³/mol. The zero-order valence-electron chi connectivity index (χ0n) is 27.8. The number of amides is 1. The van der Waals surface area contributed by atoms with Gasteiger partial charge in [-0.15, -0.1) is 0 Å². The molecule has 1 fully saturated rings. The molecule has 0 radical (unpaired) electrons. The minimum absolute atomic E-state index is 0.0912. The van der Waals surface area contributed by atoms with Gasteiger partial charge in [-0.25, -0.2) is 9.37 Å². The fourth-order valence-corrected chi connectivity index (χ4v) is 5.50. The third-order valence-electron chi connectivity index (χ3n) is 8.08. The first-order valence-electron chi connectivity index (χ1n) is 15.9. The van der Waals surface area contributed by atoms with Crippen molar-refractivity contribution in [3.8, 4) is 40.2 Å². The molecular weight excluding hydrogens is 649 g/mol. The molecule has 50 heavy (non-hydrogen) atoms. The molecule has 0 atom stereocenters. The normalized spacial score (nSPS) is 13.1. The van der Waals surface area contributed by atoms with Crippen molar-refractivity contribution >= 4 is 22.5 Å². The largest absolute Gasteiger partial charge is 0.493 e. The summed E-state index contributed by atoms with van der Waals surface area (Å²) in [6, 6.07) is 13.9. The maximum atomic E-state index is 15.4. The molecule has 0 unspecified atom stereocenters. The Hall–Kier alpha value is -5.73. The smallest absolute Gasteiger partial charge is 0.286 e. The van der Waals surface area contributed by atoms with E-state index in [9.17, 15) is 9.59 Å². The lowest BCUT2D eigenvalue weighted by atomic mass is 10.1. The van der Waals surface area contributed by atoms with E-state index in [1.54, 1.807) is 49.7 Å². The summed E-state index contributed by atoms with van der Waals surface area (Å²) in [5.41, 5.74) is 0.0325. The third kappa shape index (κ3) is 7.61. The van der Waals surface area contributed by atoms with E-state index in [-0.39, 0.29) is 17.1 Å². The van der Waals surface area contributed by atoms with Crippen molar-refractivity contribution in [2.45, 2.75) is 6.42 Å². The average molecular weight is 686 g/mol. The van der Waals surface area contributed by atoms with E-state index in [0.717, 1.165) is 45.3 Å². The van der Waals surface area contributed by atoms with Crippen molar-refractivity contribution in [1.29, 1.82) is 0 Å². The Balaban J connectivity index is 1.15. The second kappa shape index (κ2) is 15.7. The van der Waals surface area contributed by atoms with Crippen LogP contribution < -0.4 is 34.6 Å². The van der Waals surface area contributed by atoms with Gasteiger partial charge in [0.25, 0.3) is 11.5 Å². The van der Waals surface area contributed by atoms with E-state index < -0.39 is 17.3 Å². The molecule has 0 spiro atoms. The van der Waals surface area contributed by atoms with Crippen LogP contribution in [0.1, 0.15) is 16.9 Å². The van der Waals surface area contributed by atoms with E-state index in [1.807, 2.05) is 0 Å². The van der Waals surface area contributed by atoms with Gasteiger partial charge in [-0.1, -0.05) is 0 Å². The van der Waals surface area contributed by atoms with Gasteiger partial charge in [0.2, 0.25) is 0 Å². The molecule has 5 aromatic rings. The molecule has 2 aromatic heterocycles. The van der Waals surface area contributed by atoms with Crippen LogP contribution >= 0.6 is 0 Å². The van der Waals surface area contributed by atoms with Crippen molar-refractivity contribution in [2.75, 3.05) is 66.1 Å². The Bertz CT molecular complexity index is 2050. The van der Waals surface area contributed by atoms with Crippen molar-refractivity contribution in [3.63, 3.8) is 0 Å². The lowest BCUT2D eigenvalue weighted by Gasteiger charge is -2.26. The van der Waals surface area contributed by atoms with Crippen LogP contribution in [-0.2, 0) is 4.74 Å². The standard InChI is InChI=1S/C36H36FN5O8/c1-45-30-8-6-24(20-31(30)46-2)42-13-11-39-34(36(42)44)35(43)40-23-5-7-29(26(37)19-23)50-28-9-10-38-27-22-33(32(47-3)21-25(27)28)49-16-4-12-41-14-17-48-18-15-41/h5-11,13,19-22H,4,12,14-18H2,1-3H3,(H,40,43). The van der Waals surface area contributed by atoms with Crippen LogP contribution in [0.4, 0.5) is 10.1 Å². The van der Waals surface area contributed by atoms with Crippen LogP contribution in [0, 0.1) is 5.82 Å². The van der Waals surface area contributed by atoms with Crippen LogP contribution in [0.5, 0.6) is 34.5 Å². The summed E-state index contributed by atoms with van der Waals surface area (Å²) in [6.07, 6.45) is 5.14. The molecule has 14 heteroatoms. The highest BCUT2D eigenvalue weighted by atomic mass is 19.1. The van der Waals surface area contributed by atoms with Gasteiger partial charge in [0.1, 0.15) is 5.75 Å². The molecule has 0 aliphatic carbocycles. The van der Waals surface area contributed by atoms with E-state index >= 15 is 4.39 Å². The van der Waals surface area contributed by atoms with Crippen LogP contribution in [0.25, 0.3) is 16.6 Å². The van der Waals surface area contributed by atoms with Gasteiger partial charge in [0.15, 0.2) is 40.3 Å². The maximum absolute atomic E-state index is 15.4. The number of benzene rings is 3. The van der Waals surface area contributed by atoms with E-state index in [0.29, 0.717) is 51.9 Å². The molecule has 3 heterocycles. The highest BCUT2D eigenvalue weighted by molar-refractivity contribution is 6.02. The quantitative estimate of drug-likeness (QED) is 0.166. The monoisotopic (exact) mass is 685 g/mol. The minimum Gasteiger partial charge on any atom is -0.493 e. The first-order valence-corrected chi connectivity index (χ1v) is 15.9. The lowest BCUT2D eigenvalue weighted by molar-refractivity contribution is 0.0357. The second-order valence-corrected chi connectivity index (χ2v) is 11.2. The van der Waals surface area contributed by atoms with Crippen molar-refractivity contribution in [1.82, 2.24) is 19.4 Å². The summed E-state index contributed by atoms with van der Waals surface area (Å²) in [7, 11) is 4.52. The summed E-state index contributed by atoms with van der Waals surface area (Å²) in [4.78, 5) is 37.1. The van der Waals surface area contributed by atoms with Gasteiger partial charge >= 0.3 is 0 Å². The Kier molecular flexibility index (Phi) is 10.7. The molecule has 1 saturated heterocycles.